The first-order valence-electron chi connectivity index (χ1n) is 4.59. The summed E-state index contributed by atoms with van der Waals surface area (Å²) in [7, 11) is 0. The van der Waals surface area contributed by atoms with Crippen LogP contribution in [0.15, 0.2) is 36.6 Å². The van der Waals surface area contributed by atoms with E-state index in [1.807, 2.05) is 30.3 Å². The molecule has 76 valence electrons. The van der Waals surface area contributed by atoms with Crippen molar-refractivity contribution in [2.75, 3.05) is 0 Å². The Morgan fingerprint density at radius 3 is 2.67 bits per heavy atom. The molecule has 1 aliphatic rings. The molecule has 0 amide bonds. The summed E-state index contributed by atoms with van der Waals surface area (Å²) in [4.78, 5) is 0. The fraction of sp³-hybridized carbons (Fsp3) is 0.167. The van der Waals surface area contributed by atoms with Gasteiger partial charge >= 0.3 is 0 Å². The van der Waals surface area contributed by atoms with E-state index >= 15 is 0 Å². The molecule has 0 bridgehead atoms. The van der Waals surface area contributed by atoms with E-state index in [0.29, 0.717) is 6.42 Å². The third kappa shape index (κ3) is 2.28. The molecule has 2 rings (SSSR count). The van der Waals surface area contributed by atoms with E-state index in [1.54, 1.807) is 0 Å². The molecule has 15 heavy (non-hydrogen) atoms. The summed E-state index contributed by atoms with van der Waals surface area (Å²) in [6, 6.07) is 7.69. The molecule has 0 saturated carbocycles. The van der Waals surface area contributed by atoms with Crippen molar-refractivity contribution in [3.05, 3.63) is 47.7 Å². The summed E-state index contributed by atoms with van der Waals surface area (Å²) >= 11 is -1.22. The molecular weight excluding hydrogens is 208 g/mol. The molecule has 0 spiro atoms. The molecular formula is C12H10O2S. The van der Waals surface area contributed by atoms with Crippen molar-refractivity contribution in [2.45, 2.75) is 11.7 Å². The van der Waals surface area contributed by atoms with E-state index in [9.17, 15) is 4.21 Å². The molecule has 2 atom stereocenters. The van der Waals surface area contributed by atoms with E-state index in [1.165, 1.54) is 6.26 Å². The second-order valence-corrected chi connectivity index (χ2v) is 4.59. The van der Waals surface area contributed by atoms with Crippen LogP contribution in [0.5, 0.6) is 0 Å². The Labute approximate surface area is 91.6 Å². The van der Waals surface area contributed by atoms with Crippen LogP contribution in [0.1, 0.15) is 11.1 Å². The maximum atomic E-state index is 11.3. The van der Waals surface area contributed by atoms with Crippen LogP contribution in [0, 0.1) is 12.3 Å². The second kappa shape index (κ2) is 4.33. The first-order chi connectivity index (χ1) is 7.29. The molecule has 0 fully saturated rings. The van der Waals surface area contributed by atoms with Crippen LogP contribution in [0.3, 0.4) is 0 Å². The minimum Gasteiger partial charge on any atom is -0.408 e. The predicted octanol–water partition coefficient (Wildman–Crippen LogP) is 1.79. The zero-order valence-electron chi connectivity index (χ0n) is 8.05. The molecule has 0 aromatic heterocycles. The number of hydrogen-bond donors (Lipinski definition) is 0. The van der Waals surface area contributed by atoms with Gasteiger partial charge in [-0.3, -0.25) is 0 Å². The third-order valence-corrected chi connectivity index (χ3v) is 3.37. The number of hydrogen-bond acceptors (Lipinski definition) is 2. The van der Waals surface area contributed by atoms with E-state index in [-0.39, 0.29) is 5.25 Å². The van der Waals surface area contributed by atoms with E-state index < -0.39 is 11.1 Å². The molecule has 1 heterocycles. The summed E-state index contributed by atoms with van der Waals surface area (Å²) in [5.41, 5.74) is 1.97. The van der Waals surface area contributed by atoms with Crippen LogP contribution in [-0.4, -0.2) is 9.46 Å². The van der Waals surface area contributed by atoms with E-state index in [4.69, 9.17) is 10.6 Å². The van der Waals surface area contributed by atoms with Gasteiger partial charge in [-0.05, 0) is 30.2 Å². The molecule has 0 aliphatic carbocycles. The van der Waals surface area contributed by atoms with Crippen LogP contribution in [0.2, 0.25) is 0 Å². The Kier molecular flexibility index (Phi) is 2.89. The van der Waals surface area contributed by atoms with Gasteiger partial charge in [0.2, 0.25) is 11.1 Å². The summed E-state index contributed by atoms with van der Waals surface area (Å²) in [6.07, 6.45) is 9.29. The fourth-order valence-corrected chi connectivity index (χ4v) is 2.25. The minimum atomic E-state index is -1.22. The average Bonchev–Trinajstić information content (AvgIpc) is 2.66. The Bertz CT molecular complexity index is 440. The lowest BCUT2D eigenvalue weighted by Gasteiger charge is -2.05. The van der Waals surface area contributed by atoms with Crippen molar-refractivity contribution in [1.29, 1.82) is 0 Å². The number of terminal acetylenes is 1. The average molecular weight is 218 g/mol. The highest BCUT2D eigenvalue weighted by molar-refractivity contribution is 7.81. The Morgan fingerprint density at radius 1 is 1.40 bits per heavy atom. The maximum Gasteiger partial charge on any atom is 0.213 e. The Balaban J connectivity index is 2.08. The van der Waals surface area contributed by atoms with Crippen molar-refractivity contribution < 1.29 is 8.39 Å². The molecule has 0 N–H and O–H groups in total. The van der Waals surface area contributed by atoms with Crippen molar-refractivity contribution in [3.63, 3.8) is 0 Å². The van der Waals surface area contributed by atoms with Gasteiger partial charge in [0.1, 0.15) is 6.26 Å². The SMILES string of the molecule is C#Cc1ccc(CC2C=COS2=O)cc1. The molecule has 2 unspecified atom stereocenters. The quantitative estimate of drug-likeness (QED) is 0.707. The molecule has 3 heteroatoms. The van der Waals surface area contributed by atoms with Gasteiger partial charge in [-0.25, -0.2) is 4.21 Å². The van der Waals surface area contributed by atoms with Crippen LogP contribution < -0.4 is 0 Å². The fourth-order valence-electron chi connectivity index (χ4n) is 1.42. The van der Waals surface area contributed by atoms with Crippen molar-refractivity contribution in [2.24, 2.45) is 0 Å². The molecule has 1 aromatic rings. The van der Waals surface area contributed by atoms with Crippen LogP contribution in [-0.2, 0) is 21.7 Å². The minimum absolute atomic E-state index is 0.0401. The standard InChI is InChI=1S/C12H10O2S/c1-2-10-3-5-11(6-4-10)9-12-7-8-14-15(12)13/h1,3-8,12H,9H2. The summed E-state index contributed by atoms with van der Waals surface area (Å²) in [5.74, 6) is 2.56. The summed E-state index contributed by atoms with van der Waals surface area (Å²) < 4.78 is 16.1. The largest absolute Gasteiger partial charge is 0.408 e. The Morgan fingerprint density at radius 2 is 2.13 bits per heavy atom. The van der Waals surface area contributed by atoms with Crippen LogP contribution >= 0.6 is 0 Å². The summed E-state index contributed by atoms with van der Waals surface area (Å²) in [5, 5.41) is -0.0401. The van der Waals surface area contributed by atoms with Gasteiger partial charge in [-0.2, -0.15) is 0 Å². The first-order valence-corrected chi connectivity index (χ1v) is 5.73. The van der Waals surface area contributed by atoms with Gasteiger partial charge in [0.25, 0.3) is 0 Å². The van der Waals surface area contributed by atoms with Crippen molar-refractivity contribution in [3.8, 4) is 12.3 Å². The van der Waals surface area contributed by atoms with Gasteiger partial charge in [0, 0.05) is 5.56 Å². The maximum absolute atomic E-state index is 11.3. The topological polar surface area (TPSA) is 26.3 Å². The predicted molar refractivity (Wildman–Crippen MR) is 60.2 cm³/mol. The highest BCUT2D eigenvalue weighted by Gasteiger charge is 2.19. The normalized spacial score (nSPS) is 23.4. The van der Waals surface area contributed by atoms with Gasteiger partial charge < -0.3 is 4.18 Å². The zero-order chi connectivity index (χ0) is 10.7. The first kappa shape index (κ1) is 10.0. The highest BCUT2D eigenvalue weighted by Crippen LogP contribution is 2.15. The lowest BCUT2D eigenvalue weighted by Crippen LogP contribution is -2.11. The molecule has 0 saturated heterocycles. The molecule has 1 aliphatic heterocycles. The second-order valence-electron chi connectivity index (χ2n) is 3.27. The molecule has 1 aromatic carbocycles. The van der Waals surface area contributed by atoms with Crippen LogP contribution in [0.25, 0.3) is 0 Å². The Hall–Kier alpha value is -1.53. The van der Waals surface area contributed by atoms with Gasteiger partial charge in [0.15, 0.2) is 0 Å². The smallest absolute Gasteiger partial charge is 0.213 e. The van der Waals surface area contributed by atoms with Gasteiger partial charge in [-0.15, -0.1) is 6.42 Å². The number of rotatable bonds is 2. The van der Waals surface area contributed by atoms with E-state index in [2.05, 4.69) is 5.92 Å². The van der Waals surface area contributed by atoms with E-state index in [0.717, 1.165) is 11.1 Å². The van der Waals surface area contributed by atoms with Crippen molar-refractivity contribution >= 4 is 11.1 Å². The molecule has 0 radical (unpaired) electrons. The zero-order valence-corrected chi connectivity index (χ0v) is 8.87. The molecule has 2 nitrogen and oxygen atoms in total. The van der Waals surface area contributed by atoms with Crippen LogP contribution in [0.4, 0.5) is 0 Å². The van der Waals surface area contributed by atoms with Gasteiger partial charge in [-0.1, -0.05) is 18.1 Å². The van der Waals surface area contributed by atoms with Gasteiger partial charge in [0.05, 0.1) is 5.25 Å². The number of benzene rings is 1. The third-order valence-electron chi connectivity index (χ3n) is 2.25. The lowest BCUT2D eigenvalue weighted by molar-refractivity contribution is 0.516. The lowest BCUT2D eigenvalue weighted by atomic mass is 10.1. The monoisotopic (exact) mass is 218 g/mol. The summed E-state index contributed by atoms with van der Waals surface area (Å²) in [6.45, 7) is 0. The van der Waals surface area contributed by atoms with Crippen molar-refractivity contribution in [1.82, 2.24) is 0 Å². The highest BCUT2D eigenvalue weighted by atomic mass is 32.2.